The first-order chi connectivity index (χ1) is 19.8. The maximum atomic E-state index is 14.2. The van der Waals surface area contributed by atoms with E-state index in [1.165, 1.54) is 0 Å². The number of benzene rings is 2. The lowest BCUT2D eigenvalue weighted by Gasteiger charge is -2.39. The molecular formula is C31H38F2N4O5. The second-order valence-corrected chi connectivity index (χ2v) is 11.9. The zero-order valence-corrected chi connectivity index (χ0v) is 24.2. The van der Waals surface area contributed by atoms with Crippen molar-refractivity contribution in [3.05, 3.63) is 71.3 Å². The number of alkyl carbamates (subject to hydrolysis) is 1. The van der Waals surface area contributed by atoms with Crippen molar-refractivity contribution < 1.29 is 32.7 Å². The predicted octanol–water partition coefficient (Wildman–Crippen LogP) is 3.91. The molecule has 0 bridgehead atoms. The van der Waals surface area contributed by atoms with Crippen LogP contribution in [0.15, 0.2) is 54.6 Å². The van der Waals surface area contributed by atoms with Crippen molar-refractivity contribution in [2.24, 2.45) is 0 Å². The van der Waals surface area contributed by atoms with Gasteiger partial charge in [0.1, 0.15) is 5.60 Å². The minimum atomic E-state index is -3.05. The standard InChI is InChI=1S/C31H38F2N4O5/c1-30(2,3)42-29(41)35-24(19-36-20-31(32,33)14-13-26(36)38)16-27(39)37-18-23-12-8-7-11-22(23)15-25(37)17-34-28(40)21-9-5-4-6-10-21/h4-12,24-25H,13-20H2,1-3H3,(H,34,40)(H,35,41)/t24-,25-/m0/s1. The molecule has 226 valence electrons. The largest absolute Gasteiger partial charge is 0.444 e. The quantitative estimate of drug-likeness (QED) is 0.489. The number of nitrogens with zero attached hydrogens (tertiary/aromatic N) is 2. The lowest BCUT2D eigenvalue weighted by atomic mass is 9.93. The molecule has 9 nitrogen and oxygen atoms in total. The van der Waals surface area contributed by atoms with Gasteiger partial charge in [0.2, 0.25) is 11.8 Å². The van der Waals surface area contributed by atoms with E-state index in [0.717, 1.165) is 16.0 Å². The molecule has 2 aromatic rings. The summed E-state index contributed by atoms with van der Waals surface area (Å²) in [5, 5.41) is 5.54. The van der Waals surface area contributed by atoms with E-state index in [-0.39, 0.29) is 50.3 Å². The van der Waals surface area contributed by atoms with Crippen LogP contribution in [0.4, 0.5) is 13.6 Å². The fourth-order valence-electron chi connectivity index (χ4n) is 5.25. The van der Waals surface area contributed by atoms with Gasteiger partial charge >= 0.3 is 6.09 Å². The Balaban J connectivity index is 1.52. The molecule has 0 aliphatic carbocycles. The van der Waals surface area contributed by atoms with E-state index < -0.39 is 42.5 Å². The maximum Gasteiger partial charge on any atom is 0.407 e. The monoisotopic (exact) mass is 584 g/mol. The van der Waals surface area contributed by atoms with Gasteiger partial charge in [-0.2, -0.15) is 0 Å². The molecule has 2 aliphatic heterocycles. The van der Waals surface area contributed by atoms with Gasteiger partial charge in [-0.15, -0.1) is 0 Å². The average molecular weight is 585 g/mol. The van der Waals surface area contributed by atoms with Crippen molar-refractivity contribution in [2.45, 2.75) is 76.6 Å². The molecule has 1 fully saturated rings. The van der Waals surface area contributed by atoms with Gasteiger partial charge in [0.25, 0.3) is 11.8 Å². The summed E-state index contributed by atoms with van der Waals surface area (Å²) in [7, 11) is 0. The van der Waals surface area contributed by atoms with E-state index >= 15 is 0 Å². The van der Waals surface area contributed by atoms with Gasteiger partial charge in [-0.3, -0.25) is 14.4 Å². The Kier molecular flexibility index (Phi) is 9.48. The van der Waals surface area contributed by atoms with E-state index in [4.69, 9.17) is 4.74 Å². The predicted molar refractivity (Wildman–Crippen MR) is 152 cm³/mol. The molecule has 2 heterocycles. The molecule has 4 rings (SSSR count). The minimum absolute atomic E-state index is 0.189. The number of fused-ring (bicyclic) bond motifs is 1. The lowest BCUT2D eigenvalue weighted by molar-refractivity contribution is -0.148. The number of likely N-dealkylation sites (tertiary alicyclic amines) is 1. The maximum absolute atomic E-state index is 14.2. The summed E-state index contributed by atoms with van der Waals surface area (Å²) in [5.74, 6) is -4.12. The molecule has 42 heavy (non-hydrogen) atoms. The van der Waals surface area contributed by atoms with Gasteiger partial charge in [-0.25, -0.2) is 13.6 Å². The summed E-state index contributed by atoms with van der Waals surface area (Å²) in [6.07, 6.45) is -1.41. The highest BCUT2D eigenvalue weighted by Crippen LogP contribution is 2.28. The number of alkyl halides is 2. The van der Waals surface area contributed by atoms with Crippen LogP contribution in [0, 0.1) is 0 Å². The summed E-state index contributed by atoms with van der Waals surface area (Å²) in [5.41, 5.74) is 1.69. The van der Waals surface area contributed by atoms with Crippen LogP contribution in [0.25, 0.3) is 0 Å². The third-order valence-corrected chi connectivity index (χ3v) is 7.27. The Morgan fingerprint density at radius 1 is 1.05 bits per heavy atom. The van der Waals surface area contributed by atoms with E-state index in [1.54, 1.807) is 49.9 Å². The number of ether oxygens (including phenoxy) is 1. The van der Waals surface area contributed by atoms with Gasteiger partial charge in [-0.05, 0) is 50.5 Å². The number of amides is 4. The second kappa shape index (κ2) is 12.9. The molecule has 2 aromatic carbocycles. The second-order valence-electron chi connectivity index (χ2n) is 11.9. The number of rotatable bonds is 8. The summed E-state index contributed by atoms with van der Waals surface area (Å²) in [6.45, 7) is 4.47. The summed E-state index contributed by atoms with van der Waals surface area (Å²) >= 11 is 0. The Hall–Kier alpha value is -4.02. The Bertz CT molecular complexity index is 1300. The molecule has 0 radical (unpaired) electrons. The molecule has 2 N–H and O–H groups in total. The normalized spacial score (nSPS) is 19.0. The van der Waals surface area contributed by atoms with Gasteiger partial charge < -0.3 is 25.2 Å². The minimum Gasteiger partial charge on any atom is -0.444 e. The van der Waals surface area contributed by atoms with Crippen LogP contribution in [0.3, 0.4) is 0 Å². The molecule has 2 atom stereocenters. The number of hydrogen-bond acceptors (Lipinski definition) is 5. The highest BCUT2D eigenvalue weighted by Gasteiger charge is 2.40. The Morgan fingerprint density at radius 2 is 1.71 bits per heavy atom. The molecule has 1 saturated heterocycles. The molecule has 2 aliphatic rings. The van der Waals surface area contributed by atoms with E-state index in [0.29, 0.717) is 12.0 Å². The van der Waals surface area contributed by atoms with E-state index in [9.17, 15) is 28.0 Å². The highest BCUT2D eigenvalue weighted by atomic mass is 19.3. The topological polar surface area (TPSA) is 108 Å². The van der Waals surface area contributed by atoms with Crippen LogP contribution in [0.2, 0.25) is 0 Å². The van der Waals surface area contributed by atoms with Crippen molar-refractivity contribution in [1.82, 2.24) is 20.4 Å². The third kappa shape index (κ3) is 8.50. The first-order valence-corrected chi connectivity index (χ1v) is 14.1. The molecule has 4 amide bonds. The average Bonchev–Trinajstić information content (AvgIpc) is 2.92. The molecule has 0 saturated carbocycles. The van der Waals surface area contributed by atoms with Crippen LogP contribution in [-0.2, 0) is 27.3 Å². The number of halogens is 2. The summed E-state index contributed by atoms with van der Waals surface area (Å²) in [4.78, 5) is 54.4. The molecule has 0 spiro atoms. The fraction of sp³-hybridized carbons (Fsp3) is 0.484. The first-order valence-electron chi connectivity index (χ1n) is 14.1. The highest BCUT2D eigenvalue weighted by molar-refractivity contribution is 5.94. The van der Waals surface area contributed by atoms with Crippen LogP contribution in [0.1, 0.15) is 61.5 Å². The number of carbonyl (C=O) groups excluding carboxylic acids is 4. The van der Waals surface area contributed by atoms with Crippen molar-refractivity contribution in [2.75, 3.05) is 19.6 Å². The fourth-order valence-corrected chi connectivity index (χ4v) is 5.25. The molecule has 0 aromatic heterocycles. The Morgan fingerprint density at radius 3 is 2.40 bits per heavy atom. The van der Waals surface area contributed by atoms with Crippen molar-refractivity contribution in [3.8, 4) is 0 Å². The molecule has 11 heteroatoms. The van der Waals surface area contributed by atoms with Crippen LogP contribution in [-0.4, -0.2) is 76.9 Å². The van der Waals surface area contributed by atoms with Crippen LogP contribution < -0.4 is 10.6 Å². The van der Waals surface area contributed by atoms with Crippen molar-refractivity contribution in [1.29, 1.82) is 0 Å². The van der Waals surface area contributed by atoms with Crippen LogP contribution in [0.5, 0.6) is 0 Å². The summed E-state index contributed by atoms with van der Waals surface area (Å²) < 4.78 is 33.7. The van der Waals surface area contributed by atoms with Gasteiger partial charge in [0.15, 0.2) is 0 Å². The van der Waals surface area contributed by atoms with E-state index in [2.05, 4.69) is 10.6 Å². The smallest absolute Gasteiger partial charge is 0.407 e. The molecular weight excluding hydrogens is 546 g/mol. The number of hydrogen-bond donors (Lipinski definition) is 2. The third-order valence-electron chi connectivity index (χ3n) is 7.27. The zero-order chi connectivity index (χ0) is 30.5. The molecule has 0 unspecified atom stereocenters. The zero-order valence-electron chi connectivity index (χ0n) is 24.2. The number of carbonyl (C=O) groups is 4. The van der Waals surface area contributed by atoms with Gasteiger partial charge in [0.05, 0.1) is 18.6 Å². The first kappa shape index (κ1) is 30.9. The van der Waals surface area contributed by atoms with Gasteiger partial charge in [-0.1, -0.05) is 42.5 Å². The SMILES string of the molecule is CC(C)(C)OC(=O)N[C@@H](CC(=O)N1Cc2ccccc2C[C@H]1CNC(=O)c1ccccc1)CN1CC(F)(F)CCC1=O. The number of nitrogens with one attached hydrogen (secondary N) is 2. The lowest BCUT2D eigenvalue weighted by Crippen LogP contribution is -2.55. The van der Waals surface area contributed by atoms with E-state index in [1.807, 2.05) is 30.3 Å². The van der Waals surface area contributed by atoms with Crippen molar-refractivity contribution in [3.63, 3.8) is 0 Å². The summed E-state index contributed by atoms with van der Waals surface area (Å²) in [6, 6.07) is 15.1. The Labute approximate surface area is 244 Å². The number of piperidine rings is 1. The van der Waals surface area contributed by atoms with Crippen LogP contribution >= 0.6 is 0 Å². The van der Waals surface area contributed by atoms with Gasteiger partial charge in [0, 0.05) is 44.5 Å². The van der Waals surface area contributed by atoms with Crippen molar-refractivity contribution >= 4 is 23.8 Å².